The number of phenolic OH excluding ortho intramolecular Hbond substituents is 2. The van der Waals surface area contributed by atoms with Gasteiger partial charge in [0, 0.05) is 17.7 Å². The number of ether oxygens (including phenoxy) is 2. The zero-order chi connectivity index (χ0) is 36.8. The number of para-hydroxylation sites is 1. The summed E-state index contributed by atoms with van der Waals surface area (Å²) < 4.78 is 54.2. The molecule has 0 saturated carbocycles. The summed E-state index contributed by atoms with van der Waals surface area (Å²) in [6, 6.07) is 17.8. The second-order valence-electron chi connectivity index (χ2n) is 12.8. The molecule has 2 fully saturated rings. The van der Waals surface area contributed by atoms with Crippen LogP contribution < -0.4 is 4.90 Å². The number of phenols is 2. The van der Waals surface area contributed by atoms with Crippen LogP contribution in [0.1, 0.15) is 24.9 Å². The third-order valence-electron chi connectivity index (χ3n) is 9.39. The zero-order valence-electron chi connectivity index (χ0n) is 27.1. The SMILES string of the molecule is CC1CC(F)=CC=C1[C@H](CS(=O)(=O)[C@H]1C(=O)N(c2ccccc2)[C@@H]1c1ccc(-c2cccc(O)c2)cc1O)O[C@@H]1OC(C(=O)O)[C@@H](O)C(O)C1O. The largest absolute Gasteiger partial charge is 0.508 e. The van der Waals surface area contributed by atoms with E-state index in [-0.39, 0.29) is 29.1 Å². The minimum absolute atomic E-state index is 0.00483. The lowest BCUT2D eigenvalue weighted by atomic mass is 9.89. The van der Waals surface area contributed by atoms with Gasteiger partial charge in [0.1, 0.15) is 35.6 Å². The lowest BCUT2D eigenvalue weighted by Crippen LogP contribution is -2.64. The highest BCUT2D eigenvalue weighted by Crippen LogP contribution is 2.47. The van der Waals surface area contributed by atoms with Crippen molar-refractivity contribution in [1.82, 2.24) is 0 Å². The maximum Gasteiger partial charge on any atom is 0.335 e. The van der Waals surface area contributed by atoms with Crippen molar-refractivity contribution in [2.45, 2.75) is 61.4 Å². The van der Waals surface area contributed by atoms with Gasteiger partial charge in [0.2, 0.25) is 5.91 Å². The summed E-state index contributed by atoms with van der Waals surface area (Å²) in [5.41, 5.74) is 1.77. The molecule has 3 aliphatic rings. The summed E-state index contributed by atoms with van der Waals surface area (Å²) in [5, 5.41) is 60.2. The first-order valence-corrected chi connectivity index (χ1v) is 17.8. The smallest absolute Gasteiger partial charge is 0.335 e. The molecule has 6 rings (SSSR count). The number of allylic oxidation sites excluding steroid dienone is 3. The van der Waals surface area contributed by atoms with Crippen LogP contribution in [0.5, 0.6) is 11.5 Å². The van der Waals surface area contributed by atoms with Crippen LogP contribution in [0.2, 0.25) is 0 Å². The number of carboxylic acids is 1. The summed E-state index contributed by atoms with van der Waals surface area (Å²) in [5.74, 6) is -4.89. The number of hydrogen-bond donors (Lipinski definition) is 6. The number of amides is 1. The average Bonchev–Trinajstić information content (AvgIpc) is 3.07. The maximum absolute atomic E-state index is 14.4. The Morgan fingerprint density at radius 1 is 0.961 bits per heavy atom. The molecule has 1 aliphatic carbocycles. The molecule has 9 atom stereocenters. The molecule has 0 aromatic heterocycles. The first kappa shape index (κ1) is 36.2. The second-order valence-corrected chi connectivity index (χ2v) is 15.0. The third kappa shape index (κ3) is 7.00. The molecular weight excluding hydrogens is 689 g/mol. The van der Waals surface area contributed by atoms with Gasteiger partial charge in [0.05, 0.1) is 17.9 Å². The standard InChI is InChI=1S/C36H36FNO12S/c1-18-14-21(37)11-13-24(18)27(49-36-31(43)29(41)30(42)32(50-36)35(45)46)17-51(47,48)33-28(38(34(33)44)22-7-3-2-4-8-22)25-12-10-20(16-26(25)40)19-6-5-9-23(39)15-19/h2-13,15-16,18,27-33,36,39-43H,14,17H2,1H3,(H,45,46)/t18?,27-,28+,29?,30-,31?,32?,33+,36+/m0/s1. The fraction of sp³-hybridized carbons (Fsp3) is 0.333. The number of β-lactam (4-membered cyclic amide) rings is 1. The molecule has 3 aromatic carbocycles. The number of hydrogen-bond acceptors (Lipinski definition) is 11. The molecule has 15 heteroatoms. The van der Waals surface area contributed by atoms with E-state index in [1.807, 2.05) is 0 Å². The highest BCUT2D eigenvalue weighted by Gasteiger charge is 2.57. The molecule has 4 unspecified atom stereocenters. The highest BCUT2D eigenvalue weighted by molar-refractivity contribution is 7.93. The Bertz CT molecular complexity index is 1990. The fourth-order valence-electron chi connectivity index (χ4n) is 6.76. The van der Waals surface area contributed by atoms with Gasteiger partial charge in [-0.2, -0.15) is 0 Å². The Hall–Kier alpha value is -4.64. The van der Waals surface area contributed by atoms with Crippen LogP contribution in [0.3, 0.4) is 0 Å². The number of carbonyl (C=O) groups is 2. The van der Waals surface area contributed by atoms with Gasteiger partial charge in [-0.25, -0.2) is 17.6 Å². The fourth-order valence-corrected chi connectivity index (χ4v) is 8.74. The molecule has 3 aromatic rings. The van der Waals surface area contributed by atoms with Gasteiger partial charge in [0.25, 0.3) is 0 Å². The number of halogens is 1. The Morgan fingerprint density at radius 3 is 2.31 bits per heavy atom. The van der Waals surface area contributed by atoms with Crippen molar-refractivity contribution in [2.75, 3.05) is 10.7 Å². The topological polar surface area (TPSA) is 211 Å². The molecule has 270 valence electrons. The molecule has 6 N–H and O–H groups in total. The Morgan fingerprint density at radius 2 is 1.67 bits per heavy atom. The Kier molecular flexibility index (Phi) is 10.0. The van der Waals surface area contributed by atoms with Crippen LogP contribution in [0.15, 0.2) is 96.3 Å². The van der Waals surface area contributed by atoms with Crippen molar-refractivity contribution < 1.29 is 62.5 Å². The van der Waals surface area contributed by atoms with E-state index in [0.29, 0.717) is 16.8 Å². The normalized spacial score (nSPS) is 28.7. The van der Waals surface area contributed by atoms with Gasteiger partial charge in [-0.15, -0.1) is 0 Å². The highest BCUT2D eigenvalue weighted by atomic mass is 32.2. The van der Waals surface area contributed by atoms with Gasteiger partial charge in [-0.1, -0.05) is 55.5 Å². The predicted octanol–water partition coefficient (Wildman–Crippen LogP) is 2.73. The van der Waals surface area contributed by atoms with Crippen LogP contribution in [0.4, 0.5) is 10.1 Å². The summed E-state index contributed by atoms with van der Waals surface area (Å²) in [7, 11) is -4.58. The molecule has 51 heavy (non-hydrogen) atoms. The first-order valence-electron chi connectivity index (χ1n) is 16.0. The number of anilines is 1. The van der Waals surface area contributed by atoms with E-state index in [1.165, 1.54) is 35.2 Å². The van der Waals surface area contributed by atoms with Crippen LogP contribution in [0, 0.1) is 5.92 Å². The van der Waals surface area contributed by atoms with Gasteiger partial charge < -0.3 is 45.0 Å². The second kappa shape index (κ2) is 14.2. The minimum atomic E-state index is -4.58. The van der Waals surface area contributed by atoms with E-state index in [1.54, 1.807) is 55.5 Å². The van der Waals surface area contributed by atoms with E-state index >= 15 is 0 Å². The van der Waals surface area contributed by atoms with E-state index in [4.69, 9.17) is 9.47 Å². The third-order valence-corrected chi connectivity index (χ3v) is 11.4. The lowest BCUT2D eigenvalue weighted by molar-refractivity contribution is -0.300. The number of aliphatic hydroxyl groups is 3. The predicted molar refractivity (Wildman–Crippen MR) is 180 cm³/mol. The number of aliphatic carboxylic acids is 1. The van der Waals surface area contributed by atoms with Crippen LogP contribution in [0.25, 0.3) is 11.1 Å². The Balaban J connectivity index is 1.38. The number of benzene rings is 3. The van der Waals surface area contributed by atoms with Gasteiger partial charge in [-0.3, -0.25) is 4.79 Å². The summed E-state index contributed by atoms with van der Waals surface area (Å²) in [6.07, 6.45) is -9.36. The quantitative estimate of drug-likeness (QED) is 0.167. The molecule has 2 aliphatic heterocycles. The number of nitrogens with zero attached hydrogens (tertiary/aromatic N) is 1. The number of carboxylic acid groups (broad SMARTS) is 1. The molecule has 2 heterocycles. The number of rotatable bonds is 10. The van der Waals surface area contributed by atoms with E-state index in [9.17, 15) is 53.0 Å². The summed E-state index contributed by atoms with van der Waals surface area (Å²) >= 11 is 0. The van der Waals surface area contributed by atoms with Crippen LogP contribution in [-0.4, -0.2) is 98.7 Å². The maximum atomic E-state index is 14.4. The van der Waals surface area contributed by atoms with Crippen molar-refractivity contribution >= 4 is 27.4 Å². The molecule has 2 saturated heterocycles. The molecule has 0 spiro atoms. The molecule has 1 amide bonds. The lowest BCUT2D eigenvalue weighted by Gasteiger charge is -2.47. The van der Waals surface area contributed by atoms with E-state index < -0.39 is 87.3 Å². The first-order chi connectivity index (χ1) is 24.2. The molecular formula is C36H36FNO12S. The summed E-state index contributed by atoms with van der Waals surface area (Å²) in [4.78, 5) is 26.8. The van der Waals surface area contributed by atoms with Crippen molar-refractivity contribution in [1.29, 1.82) is 0 Å². The van der Waals surface area contributed by atoms with Crippen molar-refractivity contribution in [2.24, 2.45) is 5.92 Å². The van der Waals surface area contributed by atoms with Crippen molar-refractivity contribution in [3.63, 3.8) is 0 Å². The molecule has 0 bridgehead atoms. The number of aliphatic hydroxyl groups excluding tert-OH is 3. The molecule has 0 radical (unpaired) electrons. The number of carbonyl (C=O) groups excluding carboxylic acids is 1. The van der Waals surface area contributed by atoms with E-state index in [0.717, 1.165) is 6.08 Å². The van der Waals surface area contributed by atoms with Crippen molar-refractivity contribution in [3.8, 4) is 22.6 Å². The number of sulfone groups is 1. The zero-order valence-corrected chi connectivity index (χ0v) is 27.9. The van der Waals surface area contributed by atoms with Crippen LogP contribution >= 0.6 is 0 Å². The number of aromatic hydroxyl groups is 2. The average molecular weight is 726 g/mol. The monoisotopic (exact) mass is 725 g/mol. The minimum Gasteiger partial charge on any atom is -0.508 e. The Labute approximate surface area is 292 Å². The van der Waals surface area contributed by atoms with Gasteiger partial charge >= 0.3 is 5.97 Å². The van der Waals surface area contributed by atoms with E-state index in [2.05, 4.69) is 0 Å². The van der Waals surface area contributed by atoms with Crippen LogP contribution in [-0.2, 0) is 28.9 Å². The van der Waals surface area contributed by atoms with Gasteiger partial charge in [0.15, 0.2) is 27.5 Å². The molecule has 13 nitrogen and oxygen atoms in total. The summed E-state index contributed by atoms with van der Waals surface area (Å²) in [6.45, 7) is 1.60. The van der Waals surface area contributed by atoms with Gasteiger partial charge in [-0.05, 0) is 59.0 Å². The van der Waals surface area contributed by atoms with Crippen molar-refractivity contribution in [3.05, 3.63) is 102 Å².